The normalized spacial score (nSPS) is 47.7. The van der Waals surface area contributed by atoms with E-state index in [0.29, 0.717) is 17.9 Å². The van der Waals surface area contributed by atoms with Crippen LogP contribution < -0.4 is 5.32 Å². The molecule has 0 heterocycles. The molecule has 1 N–H and O–H groups in total. The first-order chi connectivity index (χ1) is 7.25. The Morgan fingerprint density at radius 3 is 2.47 bits per heavy atom. The van der Waals surface area contributed by atoms with Crippen molar-refractivity contribution in [2.75, 3.05) is 0 Å². The van der Waals surface area contributed by atoms with Crippen LogP contribution in [0.1, 0.15) is 45.4 Å². The van der Waals surface area contributed by atoms with E-state index in [2.05, 4.69) is 12.2 Å². The van der Waals surface area contributed by atoms with Gasteiger partial charge in [0.1, 0.15) is 0 Å². The number of hydrogen-bond acceptors (Lipinski definition) is 1. The topological polar surface area (TPSA) is 29.1 Å². The highest BCUT2D eigenvalue weighted by molar-refractivity contribution is 5.82. The number of fused-ring (bicyclic) bond motifs is 1. The number of carbonyl (C=O) groups excluding carboxylic acids is 1. The maximum Gasteiger partial charge on any atom is 0.223 e. The Labute approximate surface area is 91.8 Å². The van der Waals surface area contributed by atoms with E-state index in [1.54, 1.807) is 0 Å². The van der Waals surface area contributed by atoms with Crippen LogP contribution in [0.2, 0.25) is 0 Å². The molecular weight excluding hydrogens is 186 g/mol. The van der Waals surface area contributed by atoms with Crippen molar-refractivity contribution in [1.29, 1.82) is 0 Å². The highest BCUT2D eigenvalue weighted by atomic mass is 16.2. The Hall–Kier alpha value is -0.530. The quantitative estimate of drug-likeness (QED) is 0.740. The van der Waals surface area contributed by atoms with Gasteiger partial charge in [-0.1, -0.05) is 13.3 Å². The first-order valence-electron chi connectivity index (χ1n) is 6.56. The van der Waals surface area contributed by atoms with Gasteiger partial charge in [-0.05, 0) is 49.9 Å². The van der Waals surface area contributed by atoms with E-state index in [1.807, 2.05) is 0 Å². The molecule has 4 unspecified atom stereocenters. The third-order valence-corrected chi connectivity index (χ3v) is 4.75. The minimum absolute atomic E-state index is 0.379. The molecule has 0 aromatic heterocycles. The van der Waals surface area contributed by atoms with Crippen LogP contribution in [0.4, 0.5) is 0 Å². The fourth-order valence-electron chi connectivity index (χ4n) is 3.85. The summed E-state index contributed by atoms with van der Waals surface area (Å²) < 4.78 is 0. The molecule has 2 nitrogen and oxygen atoms in total. The van der Waals surface area contributed by atoms with E-state index in [-0.39, 0.29) is 0 Å². The van der Waals surface area contributed by atoms with Gasteiger partial charge in [0.25, 0.3) is 0 Å². The predicted octanol–water partition coefficient (Wildman–Crippen LogP) is 2.34. The second-order valence-corrected chi connectivity index (χ2v) is 5.91. The highest BCUT2D eigenvalue weighted by Gasteiger charge is 2.56. The van der Waals surface area contributed by atoms with Gasteiger partial charge in [-0.2, -0.15) is 0 Å². The van der Waals surface area contributed by atoms with E-state index >= 15 is 0 Å². The van der Waals surface area contributed by atoms with Crippen LogP contribution in [0.3, 0.4) is 0 Å². The van der Waals surface area contributed by atoms with Gasteiger partial charge in [0.15, 0.2) is 0 Å². The van der Waals surface area contributed by atoms with Gasteiger partial charge in [0, 0.05) is 12.0 Å². The molecule has 3 aliphatic carbocycles. The number of rotatable bonds is 2. The molecule has 0 aromatic carbocycles. The fraction of sp³-hybridized carbons (Fsp3) is 0.923. The Balaban J connectivity index is 1.50. The zero-order chi connectivity index (χ0) is 10.4. The molecule has 84 valence electrons. The second kappa shape index (κ2) is 3.50. The van der Waals surface area contributed by atoms with Crippen molar-refractivity contribution in [3.63, 3.8) is 0 Å². The SMILES string of the molecule is CC1CCC(NC(=O)C2C3CCCC32)C1. The third kappa shape index (κ3) is 1.68. The molecule has 0 aromatic rings. The van der Waals surface area contributed by atoms with Gasteiger partial charge in [-0.25, -0.2) is 0 Å². The molecule has 4 atom stereocenters. The van der Waals surface area contributed by atoms with Crippen molar-refractivity contribution in [3.05, 3.63) is 0 Å². The molecule has 1 amide bonds. The molecule has 0 saturated heterocycles. The molecule has 3 rings (SSSR count). The van der Waals surface area contributed by atoms with Crippen molar-refractivity contribution in [3.8, 4) is 0 Å². The Kier molecular flexibility index (Phi) is 2.26. The lowest BCUT2D eigenvalue weighted by Gasteiger charge is -2.13. The molecule has 3 saturated carbocycles. The fourth-order valence-corrected chi connectivity index (χ4v) is 3.85. The lowest BCUT2D eigenvalue weighted by Crippen LogP contribution is -2.35. The van der Waals surface area contributed by atoms with Crippen LogP contribution in [0.15, 0.2) is 0 Å². The van der Waals surface area contributed by atoms with E-state index < -0.39 is 0 Å². The van der Waals surface area contributed by atoms with Crippen molar-refractivity contribution in [2.45, 2.75) is 51.5 Å². The standard InChI is InChI=1S/C13H21NO/c1-8-5-6-9(7-8)14-13(15)12-10-3-2-4-11(10)12/h8-12H,2-7H2,1H3,(H,14,15). The average Bonchev–Trinajstić information content (AvgIpc) is 2.60. The van der Waals surface area contributed by atoms with Crippen LogP contribution in [-0.2, 0) is 4.79 Å². The van der Waals surface area contributed by atoms with Crippen molar-refractivity contribution in [2.24, 2.45) is 23.7 Å². The number of hydrogen-bond donors (Lipinski definition) is 1. The Morgan fingerprint density at radius 1 is 1.13 bits per heavy atom. The van der Waals surface area contributed by atoms with Crippen LogP contribution in [0.5, 0.6) is 0 Å². The molecule has 3 fully saturated rings. The van der Waals surface area contributed by atoms with E-state index in [4.69, 9.17) is 0 Å². The Bertz CT molecular complexity index is 266. The summed E-state index contributed by atoms with van der Waals surface area (Å²) in [4.78, 5) is 12.0. The zero-order valence-electron chi connectivity index (χ0n) is 9.54. The molecule has 3 aliphatic rings. The summed E-state index contributed by atoms with van der Waals surface area (Å²) in [6.07, 6.45) is 7.68. The number of carbonyl (C=O) groups is 1. The van der Waals surface area contributed by atoms with E-state index in [9.17, 15) is 4.79 Å². The van der Waals surface area contributed by atoms with Crippen LogP contribution >= 0.6 is 0 Å². The average molecular weight is 207 g/mol. The minimum atomic E-state index is 0.379. The highest BCUT2D eigenvalue weighted by Crippen LogP contribution is 2.57. The molecule has 0 radical (unpaired) electrons. The second-order valence-electron chi connectivity index (χ2n) is 5.91. The molecular formula is C13H21NO. The van der Waals surface area contributed by atoms with Gasteiger partial charge >= 0.3 is 0 Å². The van der Waals surface area contributed by atoms with Crippen LogP contribution in [-0.4, -0.2) is 11.9 Å². The molecule has 0 bridgehead atoms. The van der Waals surface area contributed by atoms with Crippen molar-refractivity contribution >= 4 is 5.91 Å². The third-order valence-electron chi connectivity index (χ3n) is 4.75. The molecule has 2 heteroatoms. The van der Waals surface area contributed by atoms with Crippen LogP contribution in [0.25, 0.3) is 0 Å². The van der Waals surface area contributed by atoms with Gasteiger partial charge < -0.3 is 5.32 Å². The summed E-state index contributed by atoms with van der Waals surface area (Å²) in [7, 11) is 0. The lowest BCUT2D eigenvalue weighted by atomic mass is 10.1. The van der Waals surface area contributed by atoms with E-state index in [1.165, 1.54) is 38.5 Å². The lowest BCUT2D eigenvalue weighted by molar-refractivity contribution is -0.123. The molecule has 0 aliphatic heterocycles. The summed E-state index contributed by atoms with van der Waals surface area (Å²) in [6.45, 7) is 2.29. The predicted molar refractivity (Wildman–Crippen MR) is 59.3 cm³/mol. The van der Waals surface area contributed by atoms with Gasteiger partial charge in [-0.15, -0.1) is 0 Å². The van der Waals surface area contributed by atoms with Crippen molar-refractivity contribution < 1.29 is 4.79 Å². The summed E-state index contributed by atoms with van der Waals surface area (Å²) in [6, 6.07) is 0.494. The number of amides is 1. The maximum atomic E-state index is 12.0. The summed E-state index contributed by atoms with van der Waals surface area (Å²) in [5, 5.41) is 3.26. The van der Waals surface area contributed by atoms with Gasteiger partial charge in [-0.3, -0.25) is 4.79 Å². The number of nitrogens with one attached hydrogen (secondary N) is 1. The molecule has 0 spiro atoms. The summed E-state index contributed by atoms with van der Waals surface area (Å²) in [5.41, 5.74) is 0. The largest absolute Gasteiger partial charge is 0.353 e. The maximum absolute atomic E-state index is 12.0. The smallest absolute Gasteiger partial charge is 0.223 e. The van der Waals surface area contributed by atoms with Gasteiger partial charge in [0.05, 0.1) is 0 Å². The van der Waals surface area contributed by atoms with Gasteiger partial charge in [0.2, 0.25) is 5.91 Å². The summed E-state index contributed by atoms with van der Waals surface area (Å²) >= 11 is 0. The first-order valence-corrected chi connectivity index (χ1v) is 6.56. The summed E-state index contributed by atoms with van der Waals surface area (Å²) in [5.74, 6) is 3.14. The van der Waals surface area contributed by atoms with Crippen LogP contribution in [0, 0.1) is 23.7 Å². The first kappa shape index (κ1) is 9.68. The van der Waals surface area contributed by atoms with E-state index in [0.717, 1.165) is 17.8 Å². The Morgan fingerprint density at radius 2 is 1.87 bits per heavy atom. The zero-order valence-corrected chi connectivity index (χ0v) is 9.54. The molecule has 15 heavy (non-hydrogen) atoms. The monoisotopic (exact) mass is 207 g/mol. The van der Waals surface area contributed by atoms with Crippen molar-refractivity contribution in [1.82, 2.24) is 5.32 Å². The minimum Gasteiger partial charge on any atom is -0.353 e.